The van der Waals surface area contributed by atoms with Gasteiger partial charge in [0.15, 0.2) is 0 Å². The molecule has 0 nitrogen and oxygen atoms in total. The molecule has 1 aromatic rings. The summed E-state index contributed by atoms with van der Waals surface area (Å²) in [6, 6.07) is 0. The molecule has 0 atom stereocenters. The summed E-state index contributed by atoms with van der Waals surface area (Å²) in [6.45, 7) is 0. The van der Waals surface area contributed by atoms with Crippen molar-refractivity contribution in [2.45, 2.75) is 0 Å². The summed E-state index contributed by atoms with van der Waals surface area (Å²) >= 11 is 1.84. The summed E-state index contributed by atoms with van der Waals surface area (Å²) in [5.74, 6) is -0.427. The molecule has 0 unspecified atom stereocenters. The first-order chi connectivity index (χ1) is 3.72. The van der Waals surface area contributed by atoms with E-state index in [1.165, 1.54) is 5.38 Å². The van der Waals surface area contributed by atoms with Crippen molar-refractivity contribution in [1.29, 1.82) is 0 Å². The van der Waals surface area contributed by atoms with Gasteiger partial charge in [-0.3, -0.25) is 0 Å². The molecule has 0 aromatic carbocycles. The Labute approximate surface area is 64.4 Å². The third-order valence-electron chi connectivity index (χ3n) is 0.648. The van der Waals surface area contributed by atoms with Crippen molar-refractivity contribution in [2.75, 3.05) is 0 Å². The molecular weight excluding hydrogens is 328 g/mol. The molecule has 4 heteroatoms. The van der Waals surface area contributed by atoms with Gasteiger partial charge in [0.25, 0.3) is 0 Å². The second-order valence-corrected chi connectivity index (χ2v) is 3.47. The molecule has 0 fully saturated rings. The molecule has 0 saturated carbocycles. The van der Waals surface area contributed by atoms with Crippen molar-refractivity contribution in [3.63, 3.8) is 0 Å². The van der Waals surface area contributed by atoms with Crippen molar-refractivity contribution in [1.82, 2.24) is 0 Å². The Balaban J connectivity index is 3.19. The van der Waals surface area contributed by atoms with E-state index in [0.29, 0.717) is 0 Å². The van der Waals surface area contributed by atoms with Crippen LogP contribution < -0.4 is 3.27 Å². The van der Waals surface area contributed by atoms with Crippen molar-refractivity contribution in [3.05, 3.63) is 16.3 Å². The number of hydrogen-bond donors (Lipinski definition) is 0. The summed E-state index contributed by atoms with van der Waals surface area (Å²) in [4.78, 5) is 0. The van der Waals surface area contributed by atoms with E-state index in [9.17, 15) is 8.78 Å². The molecule has 1 heterocycles. The first-order valence-corrected chi connectivity index (χ1v) is 4.14. The number of hydrogen-bond acceptors (Lipinski definition) is 1. The fraction of sp³-hybridized carbons (Fsp3) is 0. The minimum absolute atomic E-state index is 0.176. The Bertz CT molecular complexity index is 176. The topological polar surface area (TPSA) is 0 Å². The standard InChI is InChI=1S/C4HAtF2S/c5-3-2(6)1-8-4(3)7/h1H. The first kappa shape index (κ1) is 6.56. The normalized spacial score (nSPS) is 9.88. The summed E-state index contributed by atoms with van der Waals surface area (Å²) in [7, 11) is 0. The Morgan fingerprint density at radius 1 is 1.50 bits per heavy atom. The number of thiophene rings is 1. The van der Waals surface area contributed by atoms with E-state index in [2.05, 4.69) is 0 Å². The van der Waals surface area contributed by atoms with Gasteiger partial charge >= 0.3 is 64.4 Å². The van der Waals surface area contributed by atoms with Crippen LogP contribution >= 0.6 is 11.3 Å². The van der Waals surface area contributed by atoms with Gasteiger partial charge in [-0.15, -0.1) is 0 Å². The average molecular weight is 329 g/mol. The molecular formula is C4HAtF2S. The SMILES string of the molecule is Fc1csc(F)c1[At]. The average Bonchev–Trinajstić information content (AvgIpc) is 1.98. The molecule has 0 N–H and O–H groups in total. The van der Waals surface area contributed by atoms with E-state index in [-0.39, 0.29) is 3.27 Å². The van der Waals surface area contributed by atoms with Gasteiger partial charge in [0.2, 0.25) is 0 Å². The first-order valence-electron chi connectivity index (χ1n) is 1.80. The van der Waals surface area contributed by atoms with Crippen LogP contribution in [-0.2, 0) is 0 Å². The van der Waals surface area contributed by atoms with Gasteiger partial charge in [0.05, 0.1) is 0 Å². The van der Waals surface area contributed by atoms with Crippen molar-refractivity contribution >= 4 is 14.6 Å². The molecule has 8 heavy (non-hydrogen) atoms. The van der Waals surface area contributed by atoms with Crippen LogP contribution in [0.15, 0.2) is 5.38 Å². The molecule has 0 radical (unpaired) electrons. The Morgan fingerprint density at radius 2 is 2.12 bits per heavy atom. The molecule has 0 aliphatic rings. The molecule has 0 aliphatic carbocycles. The van der Waals surface area contributed by atoms with E-state index in [4.69, 9.17) is 0 Å². The van der Waals surface area contributed by atoms with E-state index < -0.39 is 10.9 Å². The summed E-state index contributed by atoms with van der Waals surface area (Å²) in [5, 5.41) is 0.768. The second kappa shape index (κ2) is 2.36. The van der Waals surface area contributed by atoms with Crippen LogP contribution in [0.4, 0.5) is 8.78 Å². The van der Waals surface area contributed by atoms with E-state index in [1.54, 1.807) is 0 Å². The molecule has 0 aliphatic heterocycles. The summed E-state index contributed by atoms with van der Waals surface area (Å²) < 4.78 is 24.4. The zero-order valence-corrected chi connectivity index (χ0v) is 7.37. The zero-order valence-electron chi connectivity index (χ0n) is 3.62. The van der Waals surface area contributed by atoms with Crippen molar-refractivity contribution in [2.24, 2.45) is 0 Å². The van der Waals surface area contributed by atoms with Gasteiger partial charge in [0, 0.05) is 0 Å². The molecule has 0 spiro atoms. The molecule has 1 aromatic heterocycles. The van der Waals surface area contributed by atoms with Gasteiger partial charge in [-0.05, 0) is 0 Å². The van der Waals surface area contributed by atoms with Gasteiger partial charge in [-0.25, -0.2) is 0 Å². The van der Waals surface area contributed by atoms with Gasteiger partial charge in [-0.2, -0.15) is 0 Å². The second-order valence-electron chi connectivity index (χ2n) is 1.17. The van der Waals surface area contributed by atoms with Crippen LogP contribution in [-0.4, -0.2) is 0 Å². The zero-order chi connectivity index (χ0) is 6.15. The Morgan fingerprint density at radius 3 is 2.25 bits per heavy atom. The minimum atomic E-state index is -0.427. The third-order valence-corrected chi connectivity index (χ3v) is 3.24. The predicted octanol–water partition coefficient (Wildman–Crippen LogP) is 1.20. The van der Waals surface area contributed by atoms with Crippen molar-refractivity contribution in [3.8, 4) is 0 Å². The van der Waals surface area contributed by atoms with Crippen LogP contribution in [0.1, 0.15) is 0 Å². The Hall–Kier alpha value is 0.443. The third kappa shape index (κ3) is 1.06. The number of rotatable bonds is 0. The van der Waals surface area contributed by atoms with E-state index in [1.807, 2.05) is 0 Å². The number of halogens is 2. The Kier molecular flexibility index (Phi) is 1.94. The molecule has 1 rings (SSSR count). The van der Waals surface area contributed by atoms with Crippen molar-refractivity contribution < 1.29 is 33.5 Å². The quantitative estimate of drug-likeness (QED) is 0.671. The fourth-order valence-corrected chi connectivity index (χ4v) is 1.85. The van der Waals surface area contributed by atoms with Crippen LogP contribution in [0.25, 0.3) is 0 Å². The van der Waals surface area contributed by atoms with E-state index in [0.717, 1.165) is 36.1 Å². The maximum atomic E-state index is 12.1. The van der Waals surface area contributed by atoms with Gasteiger partial charge in [0.1, 0.15) is 0 Å². The van der Waals surface area contributed by atoms with Gasteiger partial charge < -0.3 is 0 Å². The monoisotopic (exact) mass is 329 g/mol. The molecule has 0 amide bonds. The molecule has 0 saturated heterocycles. The summed E-state index contributed by atoms with van der Waals surface area (Å²) in [5.41, 5.74) is 0. The van der Waals surface area contributed by atoms with Gasteiger partial charge in [-0.1, -0.05) is 0 Å². The van der Waals surface area contributed by atoms with Crippen LogP contribution in [0.2, 0.25) is 0 Å². The summed E-state index contributed by atoms with van der Waals surface area (Å²) in [6.07, 6.45) is 0. The predicted molar refractivity (Wildman–Crippen MR) is 23.9 cm³/mol. The molecule has 0 bridgehead atoms. The maximum absolute atomic E-state index is 12.1. The molecule has 44 valence electrons. The van der Waals surface area contributed by atoms with Crippen LogP contribution in [0.5, 0.6) is 0 Å². The van der Waals surface area contributed by atoms with E-state index >= 15 is 0 Å². The fourth-order valence-electron chi connectivity index (χ4n) is 0.301. The van der Waals surface area contributed by atoms with Crippen LogP contribution in [0, 0.1) is 35.7 Å². The van der Waals surface area contributed by atoms with Crippen LogP contribution in [0.3, 0.4) is 0 Å².